The van der Waals surface area contributed by atoms with Gasteiger partial charge >= 0.3 is 5.97 Å². The highest BCUT2D eigenvalue weighted by molar-refractivity contribution is 7.17. The molecule has 2 N–H and O–H groups in total. The molecule has 1 aromatic carbocycles. The third kappa shape index (κ3) is 3.96. The molecule has 0 saturated heterocycles. The molecule has 0 aliphatic rings. The first-order chi connectivity index (χ1) is 13.4. The van der Waals surface area contributed by atoms with Gasteiger partial charge in [0.25, 0.3) is 5.56 Å². The SMILES string of the molecule is CCCCNC(=O)Cn1c(-c2cccc(C)c2)nc2scc(C(=O)O)c2c1=O. The summed E-state index contributed by atoms with van der Waals surface area (Å²) in [6.07, 6.45) is 1.79. The zero-order valence-electron chi connectivity index (χ0n) is 15.7. The van der Waals surface area contributed by atoms with E-state index in [-0.39, 0.29) is 23.4 Å². The number of rotatable bonds is 7. The molecule has 0 spiro atoms. The van der Waals surface area contributed by atoms with E-state index in [9.17, 15) is 19.5 Å². The Morgan fingerprint density at radius 1 is 1.32 bits per heavy atom. The summed E-state index contributed by atoms with van der Waals surface area (Å²) in [7, 11) is 0. The number of fused-ring (bicyclic) bond motifs is 1. The maximum Gasteiger partial charge on any atom is 0.337 e. The van der Waals surface area contributed by atoms with E-state index in [1.807, 2.05) is 38.1 Å². The van der Waals surface area contributed by atoms with Crippen molar-refractivity contribution in [2.45, 2.75) is 33.2 Å². The number of unbranched alkanes of at least 4 members (excludes halogenated alkanes) is 1. The first-order valence-corrected chi connectivity index (χ1v) is 9.89. The summed E-state index contributed by atoms with van der Waals surface area (Å²) in [6, 6.07) is 7.47. The van der Waals surface area contributed by atoms with Crippen LogP contribution >= 0.6 is 11.3 Å². The number of aryl methyl sites for hydroxylation is 1. The topological polar surface area (TPSA) is 101 Å². The normalized spacial score (nSPS) is 10.9. The molecule has 7 nitrogen and oxygen atoms in total. The van der Waals surface area contributed by atoms with Gasteiger partial charge in [-0.1, -0.05) is 37.1 Å². The van der Waals surface area contributed by atoms with Crippen molar-refractivity contribution in [3.8, 4) is 11.4 Å². The van der Waals surface area contributed by atoms with E-state index in [0.29, 0.717) is 22.8 Å². The summed E-state index contributed by atoms with van der Waals surface area (Å²) in [5.41, 5.74) is 1.08. The number of amides is 1. The molecule has 1 amide bonds. The molecule has 0 unspecified atom stereocenters. The van der Waals surface area contributed by atoms with E-state index in [1.54, 1.807) is 0 Å². The maximum atomic E-state index is 13.1. The summed E-state index contributed by atoms with van der Waals surface area (Å²) in [5.74, 6) is -1.14. The van der Waals surface area contributed by atoms with Gasteiger partial charge in [-0.25, -0.2) is 9.78 Å². The Labute approximate surface area is 165 Å². The molecule has 0 fully saturated rings. The quantitative estimate of drug-likeness (QED) is 0.595. The Morgan fingerprint density at radius 3 is 2.79 bits per heavy atom. The number of hydrogen-bond acceptors (Lipinski definition) is 5. The van der Waals surface area contributed by atoms with Crippen LogP contribution in [-0.4, -0.2) is 33.1 Å². The highest BCUT2D eigenvalue weighted by atomic mass is 32.1. The third-order valence-electron chi connectivity index (χ3n) is 4.35. The van der Waals surface area contributed by atoms with Gasteiger partial charge in [0.1, 0.15) is 17.2 Å². The van der Waals surface area contributed by atoms with E-state index < -0.39 is 11.5 Å². The average Bonchev–Trinajstić information content (AvgIpc) is 3.08. The van der Waals surface area contributed by atoms with Gasteiger partial charge < -0.3 is 10.4 Å². The molecular formula is C20H21N3O4S. The van der Waals surface area contributed by atoms with Crippen LogP contribution in [0.2, 0.25) is 0 Å². The van der Waals surface area contributed by atoms with E-state index >= 15 is 0 Å². The second kappa shape index (κ2) is 8.35. The van der Waals surface area contributed by atoms with Crippen LogP contribution in [0.15, 0.2) is 34.4 Å². The van der Waals surface area contributed by atoms with Gasteiger partial charge in [0, 0.05) is 17.5 Å². The van der Waals surface area contributed by atoms with Crippen molar-refractivity contribution in [2.24, 2.45) is 0 Å². The second-order valence-corrected chi connectivity index (χ2v) is 7.39. The van der Waals surface area contributed by atoms with Crippen LogP contribution in [0.1, 0.15) is 35.7 Å². The lowest BCUT2D eigenvalue weighted by Crippen LogP contribution is -2.34. The Morgan fingerprint density at radius 2 is 2.11 bits per heavy atom. The van der Waals surface area contributed by atoms with Crippen LogP contribution in [0.3, 0.4) is 0 Å². The number of carbonyl (C=O) groups excluding carboxylic acids is 1. The molecule has 2 heterocycles. The number of hydrogen-bond donors (Lipinski definition) is 2. The number of nitrogens with zero attached hydrogens (tertiary/aromatic N) is 2. The first-order valence-electron chi connectivity index (χ1n) is 9.01. The van der Waals surface area contributed by atoms with Crippen molar-refractivity contribution in [3.05, 3.63) is 51.1 Å². The van der Waals surface area contributed by atoms with Crippen LogP contribution in [0.5, 0.6) is 0 Å². The molecule has 0 bridgehead atoms. The number of aromatic nitrogens is 2. The number of benzene rings is 1. The van der Waals surface area contributed by atoms with E-state index in [0.717, 1.165) is 29.7 Å². The lowest BCUT2D eigenvalue weighted by molar-refractivity contribution is -0.121. The summed E-state index contributed by atoms with van der Waals surface area (Å²) < 4.78 is 1.26. The van der Waals surface area contributed by atoms with Crippen LogP contribution in [0, 0.1) is 6.92 Å². The lowest BCUT2D eigenvalue weighted by atomic mass is 10.1. The van der Waals surface area contributed by atoms with Gasteiger partial charge in [-0.2, -0.15) is 0 Å². The van der Waals surface area contributed by atoms with Crippen molar-refractivity contribution < 1.29 is 14.7 Å². The Bertz CT molecular complexity index is 1100. The molecule has 2 aromatic heterocycles. The van der Waals surface area contributed by atoms with Crippen LogP contribution in [-0.2, 0) is 11.3 Å². The minimum atomic E-state index is -1.19. The van der Waals surface area contributed by atoms with Crippen molar-refractivity contribution >= 4 is 33.4 Å². The largest absolute Gasteiger partial charge is 0.478 e. The van der Waals surface area contributed by atoms with Crippen LogP contribution in [0.4, 0.5) is 0 Å². The van der Waals surface area contributed by atoms with Gasteiger partial charge in [0.05, 0.1) is 10.9 Å². The van der Waals surface area contributed by atoms with Gasteiger partial charge in [-0.15, -0.1) is 11.3 Å². The highest BCUT2D eigenvalue weighted by Gasteiger charge is 2.21. The van der Waals surface area contributed by atoms with Gasteiger partial charge in [0.2, 0.25) is 5.91 Å². The number of carboxylic acids is 1. The Balaban J connectivity index is 2.16. The molecule has 3 rings (SSSR count). The smallest absolute Gasteiger partial charge is 0.337 e. The summed E-state index contributed by atoms with van der Waals surface area (Å²) in [5, 5.41) is 13.6. The van der Waals surface area contributed by atoms with Crippen molar-refractivity contribution in [3.63, 3.8) is 0 Å². The fraction of sp³-hybridized carbons (Fsp3) is 0.300. The zero-order valence-corrected chi connectivity index (χ0v) is 16.5. The zero-order chi connectivity index (χ0) is 20.3. The molecule has 0 aliphatic carbocycles. The molecule has 0 saturated carbocycles. The maximum absolute atomic E-state index is 13.1. The minimum absolute atomic E-state index is 0.0373. The van der Waals surface area contributed by atoms with Crippen molar-refractivity contribution in [1.29, 1.82) is 0 Å². The highest BCUT2D eigenvalue weighted by Crippen LogP contribution is 2.25. The molecule has 3 aromatic rings. The predicted molar refractivity (Wildman–Crippen MR) is 109 cm³/mol. The summed E-state index contributed by atoms with van der Waals surface area (Å²) in [6.45, 7) is 4.26. The second-order valence-electron chi connectivity index (χ2n) is 6.53. The van der Waals surface area contributed by atoms with Gasteiger partial charge in [-0.3, -0.25) is 14.2 Å². The average molecular weight is 399 g/mol. The van der Waals surface area contributed by atoms with Gasteiger partial charge in [0.15, 0.2) is 0 Å². The fourth-order valence-electron chi connectivity index (χ4n) is 2.94. The molecule has 0 aliphatic heterocycles. The third-order valence-corrected chi connectivity index (χ3v) is 5.23. The predicted octanol–water partition coefficient (Wildman–Crippen LogP) is 3.05. The van der Waals surface area contributed by atoms with Crippen molar-refractivity contribution in [2.75, 3.05) is 6.54 Å². The number of carboxylic acid groups (broad SMARTS) is 1. The molecule has 0 atom stereocenters. The first kappa shape index (κ1) is 19.8. The molecule has 28 heavy (non-hydrogen) atoms. The van der Waals surface area contributed by atoms with E-state index in [4.69, 9.17) is 0 Å². The molecular weight excluding hydrogens is 378 g/mol. The van der Waals surface area contributed by atoms with Crippen LogP contribution in [0.25, 0.3) is 21.6 Å². The fourth-order valence-corrected chi connectivity index (χ4v) is 3.84. The lowest BCUT2D eigenvalue weighted by Gasteiger charge is -2.13. The minimum Gasteiger partial charge on any atom is -0.478 e. The number of thiophene rings is 1. The number of carbonyl (C=O) groups is 2. The molecule has 8 heteroatoms. The van der Waals surface area contributed by atoms with Crippen LogP contribution < -0.4 is 10.9 Å². The number of nitrogens with one attached hydrogen (secondary N) is 1. The Kier molecular flexibility index (Phi) is 5.89. The van der Waals surface area contributed by atoms with E-state index in [2.05, 4.69) is 10.3 Å². The standard InChI is InChI=1S/C20H21N3O4S/c1-3-4-8-21-15(24)10-23-17(13-7-5-6-12(2)9-13)22-18-16(19(23)25)14(11-28-18)20(26)27/h5-7,9,11H,3-4,8,10H2,1-2H3,(H,21,24)(H,26,27). The molecule has 146 valence electrons. The van der Waals surface area contributed by atoms with Crippen molar-refractivity contribution in [1.82, 2.24) is 14.9 Å². The number of aromatic carboxylic acids is 1. The summed E-state index contributed by atoms with van der Waals surface area (Å²) >= 11 is 1.11. The monoisotopic (exact) mass is 399 g/mol. The van der Waals surface area contributed by atoms with E-state index in [1.165, 1.54) is 9.95 Å². The Hall–Kier alpha value is -3.00. The summed E-state index contributed by atoms with van der Waals surface area (Å²) in [4.78, 5) is 41.9. The molecule has 0 radical (unpaired) electrons. The van der Waals surface area contributed by atoms with Gasteiger partial charge in [-0.05, 0) is 19.4 Å².